The standard InChI is InChI=1S/C17H23F2N3O2S/c1-25(23)22-7-10-6-21(8-16(10)22)12-5-15(20)17(24-9-12)13-4-11(18)2-3-14(13)19/h2-4,10,12,15-17H,5-9,20H2,1H3/t10?,12-,15+,16?,17-,25?/m1/s1. The fourth-order valence-electron chi connectivity index (χ4n) is 4.37. The number of rotatable bonds is 3. The van der Waals surface area contributed by atoms with Crippen LogP contribution < -0.4 is 5.73 Å². The number of nitrogens with two attached hydrogens (primary N) is 1. The molecule has 3 aliphatic heterocycles. The van der Waals surface area contributed by atoms with Crippen LogP contribution in [0.5, 0.6) is 0 Å². The molecule has 0 amide bonds. The van der Waals surface area contributed by atoms with E-state index in [2.05, 4.69) is 4.90 Å². The molecule has 3 aliphatic rings. The maximum Gasteiger partial charge on any atom is 0.129 e. The summed E-state index contributed by atoms with van der Waals surface area (Å²) in [4.78, 5) is 2.35. The van der Waals surface area contributed by atoms with Crippen LogP contribution in [-0.2, 0) is 15.7 Å². The molecule has 0 bridgehead atoms. The molecule has 4 rings (SSSR count). The lowest BCUT2D eigenvalue weighted by molar-refractivity contribution is -0.0474. The number of hydrogen-bond donors (Lipinski definition) is 1. The molecule has 25 heavy (non-hydrogen) atoms. The molecule has 5 nitrogen and oxygen atoms in total. The molecular weight excluding hydrogens is 348 g/mol. The van der Waals surface area contributed by atoms with Crippen molar-refractivity contribution in [2.45, 2.75) is 30.7 Å². The Kier molecular flexibility index (Phi) is 4.66. The maximum atomic E-state index is 14.0. The lowest BCUT2D eigenvalue weighted by atomic mass is 9.93. The number of benzene rings is 1. The highest BCUT2D eigenvalue weighted by Gasteiger charge is 2.49. The first-order valence-electron chi connectivity index (χ1n) is 8.60. The minimum Gasteiger partial charge on any atom is -0.370 e. The SMILES string of the molecule is CS(=O)N1CC2CN([C@H]3CO[C@H](c4cc(F)ccc4F)[C@@H](N)C3)CC21. The number of nitrogens with zero attached hydrogens (tertiary/aromatic N) is 2. The van der Waals surface area contributed by atoms with E-state index >= 15 is 0 Å². The van der Waals surface area contributed by atoms with Crippen LogP contribution in [-0.4, -0.2) is 64.0 Å². The topological polar surface area (TPSA) is 58.8 Å². The second kappa shape index (κ2) is 6.66. The van der Waals surface area contributed by atoms with Gasteiger partial charge >= 0.3 is 0 Å². The summed E-state index contributed by atoms with van der Waals surface area (Å²) in [5.74, 6) is -0.419. The van der Waals surface area contributed by atoms with Gasteiger partial charge in [0.2, 0.25) is 0 Å². The number of ether oxygens (including phenoxy) is 1. The molecule has 1 aromatic rings. The summed E-state index contributed by atoms with van der Waals surface area (Å²) < 4.78 is 47.0. The van der Waals surface area contributed by atoms with Crippen LogP contribution in [0, 0.1) is 17.6 Å². The molecule has 1 aromatic carbocycles. The van der Waals surface area contributed by atoms with Crippen molar-refractivity contribution in [1.82, 2.24) is 9.21 Å². The summed E-state index contributed by atoms with van der Waals surface area (Å²) in [6.45, 7) is 3.14. The van der Waals surface area contributed by atoms with E-state index in [0.717, 1.165) is 31.8 Å². The lowest BCUT2D eigenvalue weighted by Crippen LogP contribution is -2.55. The van der Waals surface area contributed by atoms with Gasteiger partial charge in [-0.3, -0.25) is 4.90 Å². The minimum atomic E-state index is -0.923. The molecule has 3 heterocycles. The number of halogens is 2. The Hall–Kier alpha value is -0.930. The van der Waals surface area contributed by atoms with E-state index in [1.165, 1.54) is 6.07 Å². The first kappa shape index (κ1) is 17.5. The molecule has 138 valence electrons. The summed E-state index contributed by atoms with van der Waals surface area (Å²) in [5.41, 5.74) is 6.44. The quantitative estimate of drug-likeness (QED) is 0.862. The largest absolute Gasteiger partial charge is 0.370 e. The zero-order valence-electron chi connectivity index (χ0n) is 14.1. The van der Waals surface area contributed by atoms with Crippen LogP contribution in [0.1, 0.15) is 18.1 Å². The van der Waals surface area contributed by atoms with Gasteiger partial charge in [0.25, 0.3) is 0 Å². The first-order chi connectivity index (χ1) is 11.9. The molecule has 3 fully saturated rings. The molecule has 3 unspecified atom stereocenters. The third-order valence-corrected chi connectivity index (χ3v) is 6.81. The van der Waals surface area contributed by atoms with E-state index in [1.54, 1.807) is 6.26 Å². The van der Waals surface area contributed by atoms with Crippen molar-refractivity contribution in [3.63, 3.8) is 0 Å². The zero-order valence-corrected chi connectivity index (χ0v) is 14.9. The van der Waals surface area contributed by atoms with E-state index in [-0.39, 0.29) is 17.6 Å². The second-order valence-electron chi connectivity index (χ2n) is 7.28. The van der Waals surface area contributed by atoms with Crippen molar-refractivity contribution >= 4 is 11.0 Å². The van der Waals surface area contributed by atoms with Crippen molar-refractivity contribution in [3.8, 4) is 0 Å². The molecule has 3 saturated heterocycles. The van der Waals surface area contributed by atoms with E-state index in [9.17, 15) is 13.0 Å². The van der Waals surface area contributed by atoms with Crippen molar-refractivity contribution in [3.05, 3.63) is 35.4 Å². The molecule has 0 radical (unpaired) electrons. The average Bonchev–Trinajstić information content (AvgIpc) is 2.87. The smallest absolute Gasteiger partial charge is 0.129 e. The predicted octanol–water partition coefficient (Wildman–Crippen LogP) is 1.03. The average molecular weight is 371 g/mol. The molecule has 8 heteroatoms. The Morgan fingerprint density at radius 3 is 2.80 bits per heavy atom. The summed E-state index contributed by atoms with van der Waals surface area (Å²) in [6.07, 6.45) is 1.78. The van der Waals surface area contributed by atoms with Gasteiger partial charge in [-0.25, -0.2) is 17.3 Å². The van der Waals surface area contributed by atoms with Crippen LogP contribution in [0.15, 0.2) is 18.2 Å². The van der Waals surface area contributed by atoms with Gasteiger partial charge in [0.15, 0.2) is 0 Å². The fourth-order valence-corrected chi connectivity index (χ4v) is 5.39. The summed E-state index contributed by atoms with van der Waals surface area (Å²) in [7, 11) is -0.923. The van der Waals surface area contributed by atoms with Gasteiger partial charge in [-0.2, -0.15) is 0 Å². The summed E-state index contributed by atoms with van der Waals surface area (Å²) in [6, 6.07) is 3.51. The van der Waals surface area contributed by atoms with Crippen LogP contribution in [0.2, 0.25) is 0 Å². The van der Waals surface area contributed by atoms with Gasteiger partial charge in [-0.1, -0.05) is 0 Å². The van der Waals surface area contributed by atoms with Crippen LogP contribution in [0.3, 0.4) is 0 Å². The van der Waals surface area contributed by atoms with Crippen LogP contribution in [0.4, 0.5) is 8.78 Å². The van der Waals surface area contributed by atoms with Gasteiger partial charge in [0, 0.05) is 55.5 Å². The third-order valence-electron chi connectivity index (χ3n) is 5.73. The molecule has 0 aromatic heterocycles. The third kappa shape index (κ3) is 3.14. The van der Waals surface area contributed by atoms with Gasteiger partial charge in [-0.05, 0) is 24.6 Å². The van der Waals surface area contributed by atoms with Crippen molar-refractivity contribution in [1.29, 1.82) is 0 Å². The Morgan fingerprint density at radius 2 is 2.08 bits per heavy atom. The Bertz CT molecular complexity index is 692. The highest BCUT2D eigenvalue weighted by atomic mass is 32.2. The zero-order chi connectivity index (χ0) is 17.7. The fraction of sp³-hybridized carbons (Fsp3) is 0.647. The molecule has 6 atom stereocenters. The number of fused-ring (bicyclic) bond motifs is 1. The number of likely N-dealkylation sites (tertiary alicyclic amines) is 1. The highest BCUT2D eigenvalue weighted by Crippen LogP contribution is 2.37. The normalized spacial score (nSPS) is 37.5. The Labute approximate surface area is 148 Å². The second-order valence-corrected chi connectivity index (χ2v) is 8.59. The predicted molar refractivity (Wildman–Crippen MR) is 91.1 cm³/mol. The van der Waals surface area contributed by atoms with Gasteiger partial charge in [0.05, 0.1) is 17.6 Å². The van der Waals surface area contributed by atoms with Gasteiger partial charge < -0.3 is 10.5 Å². The molecule has 2 N–H and O–H groups in total. The van der Waals surface area contributed by atoms with Crippen molar-refractivity contribution < 1.29 is 17.7 Å². The summed E-state index contributed by atoms with van der Waals surface area (Å²) in [5, 5.41) is 0. The Morgan fingerprint density at radius 1 is 1.28 bits per heavy atom. The lowest BCUT2D eigenvalue weighted by Gasteiger charge is -2.41. The minimum absolute atomic E-state index is 0.167. The van der Waals surface area contributed by atoms with E-state index in [4.69, 9.17) is 10.5 Å². The first-order valence-corrected chi connectivity index (χ1v) is 10.1. The number of hydrogen-bond acceptors (Lipinski definition) is 4. The van der Waals surface area contributed by atoms with Gasteiger partial charge in [0.1, 0.15) is 17.7 Å². The molecule has 0 aliphatic carbocycles. The molecule has 0 saturated carbocycles. The van der Waals surface area contributed by atoms with Crippen LogP contribution >= 0.6 is 0 Å². The Balaban J connectivity index is 1.41. The van der Waals surface area contributed by atoms with Gasteiger partial charge in [-0.15, -0.1) is 0 Å². The van der Waals surface area contributed by atoms with E-state index in [0.29, 0.717) is 25.0 Å². The molecular formula is C17H23F2N3O2S. The van der Waals surface area contributed by atoms with Crippen LogP contribution in [0.25, 0.3) is 0 Å². The van der Waals surface area contributed by atoms with E-state index in [1.807, 2.05) is 4.31 Å². The van der Waals surface area contributed by atoms with E-state index < -0.39 is 28.7 Å². The highest BCUT2D eigenvalue weighted by molar-refractivity contribution is 7.81. The molecule has 0 spiro atoms. The monoisotopic (exact) mass is 371 g/mol. The summed E-state index contributed by atoms with van der Waals surface area (Å²) >= 11 is 0. The van der Waals surface area contributed by atoms with Crippen molar-refractivity contribution in [2.75, 3.05) is 32.5 Å². The maximum absolute atomic E-state index is 14.0. The van der Waals surface area contributed by atoms with Crippen molar-refractivity contribution in [2.24, 2.45) is 11.7 Å².